The van der Waals surface area contributed by atoms with Crippen molar-refractivity contribution in [3.8, 4) is 0 Å². The second kappa shape index (κ2) is 7.65. The van der Waals surface area contributed by atoms with Crippen LogP contribution in [0, 0.1) is 22.9 Å². The zero-order chi connectivity index (χ0) is 17.7. The summed E-state index contributed by atoms with van der Waals surface area (Å²) in [5.41, 5.74) is 1.90. The van der Waals surface area contributed by atoms with Crippen LogP contribution in [0.4, 0.5) is 15.8 Å². The molecule has 1 atom stereocenters. The molecular weight excluding hydrogens is 313 g/mol. The zero-order valence-electron chi connectivity index (χ0n) is 13.5. The summed E-state index contributed by atoms with van der Waals surface area (Å²) >= 11 is 0. The molecule has 0 aromatic heterocycles. The first-order valence-corrected chi connectivity index (χ1v) is 7.46. The van der Waals surface area contributed by atoms with Crippen molar-refractivity contribution in [1.29, 1.82) is 0 Å². The molecule has 0 aliphatic heterocycles. The number of hydrogen-bond acceptors (Lipinski definition) is 3. The van der Waals surface area contributed by atoms with Gasteiger partial charge in [-0.05, 0) is 24.6 Å². The number of benzene rings is 2. The monoisotopic (exact) mass is 332 g/mol. The Morgan fingerprint density at radius 1 is 1.29 bits per heavy atom. The van der Waals surface area contributed by atoms with E-state index >= 15 is 0 Å². The lowest BCUT2D eigenvalue weighted by Crippen LogP contribution is -3.08. The summed E-state index contributed by atoms with van der Waals surface area (Å²) in [6, 6.07) is 10.6. The van der Waals surface area contributed by atoms with Crippen molar-refractivity contribution in [3.63, 3.8) is 0 Å². The third kappa shape index (κ3) is 4.85. The maximum atomic E-state index is 13.2. The molecule has 1 unspecified atom stereocenters. The van der Waals surface area contributed by atoms with Gasteiger partial charge in [0.1, 0.15) is 12.4 Å². The van der Waals surface area contributed by atoms with E-state index in [2.05, 4.69) is 5.32 Å². The van der Waals surface area contributed by atoms with E-state index in [-0.39, 0.29) is 24.0 Å². The molecule has 24 heavy (non-hydrogen) atoms. The van der Waals surface area contributed by atoms with Crippen LogP contribution in [0.25, 0.3) is 0 Å². The molecule has 0 bridgehead atoms. The fourth-order valence-corrected chi connectivity index (χ4v) is 2.38. The number of nitrogens with zero attached hydrogens (tertiary/aromatic N) is 1. The molecule has 6 nitrogen and oxygen atoms in total. The summed E-state index contributed by atoms with van der Waals surface area (Å²) in [7, 11) is 1.82. The van der Waals surface area contributed by atoms with Crippen molar-refractivity contribution in [3.05, 3.63) is 69.5 Å². The number of likely N-dealkylation sites (N-methyl/N-ethyl adjacent to an activating group) is 1. The normalized spacial score (nSPS) is 11.8. The lowest BCUT2D eigenvalue weighted by atomic mass is 10.2. The highest BCUT2D eigenvalue weighted by atomic mass is 19.1. The highest BCUT2D eigenvalue weighted by Gasteiger charge is 2.14. The SMILES string of the molecule is Cc1ccc([N+](=O)[O-])cc1NC(=O)C[NH+](C)Cc1cccc(F)c1. The molecule has 0 aliphatic rings. The Labute approximate surface area is 139 Å². The molecule has 2 rings (SSSR count). The molecular formula is C17H19FN3O3+. The highest BCUT2D eigenvalue weighted by Crippen LogP contribution is 2.21. The number of nitro groups is 1. The molecule has 1 amide bonds. The van der Waals surface area contributed by atoms with Crippen molar-refractivity contribution < 1.29 is 19.0 Å². The molecule has 0 radical (unpaired) electrons. The maximum absolute atomic E-state index is 13.2. The van der Waals surface area contributed by atoms with Crippen molar-refractivity contribution in [2.75, 3.05) is 18.9 Å². The molecule has 0 saturated heterocycles. The fraction of sp³-hybridized carbons (Fsp3) is 0.235. The number of nitro benzene ring substituents is 1. The molecule has 126 valence electrons. The summed E-state index contributed by atoms with van der Waals surface area (Å²) in [6.45, 7) is 2.43. The number of nitrogens with one attached hydrogen (secondary N) is 2. The lowest BCUT2D eigenvalue weighted by molar-refractivity contribution is -0.885. The number of halogens is 1. The van der Waals surface area contributed by atoms with Gasteiger partial charge in [0.25, 0.3) is 11.6 Å². The Bertz CT molecular complexity index is 764. The Balaban J connectivity index is 1.97. The molecule has 0 aliphatic carbocycles. The van der Waals surface area contributed by atoms with E-state index in [9.17, 15) is 19.3 Å². The smallest absolute Gasteiger partial charge is 0.279 e. The number of anilines is 1. The average molecular weight is 332 g/mol. The predicted molar refractivity (Wildman–Crippen MR) is 88.3 cm³/mol. The van der Waals surface area contributed by atoms with Crippen LogP contribution in [0.3, 0.4) is 0 Å². The Hall–Kier alpha value is -2.80. The molecule has 2 aromatic rings. The van der Waals surface area contributed by atoms with Gasteiger partial charge in [-0.25, -0.2) is 4.39 Å². The number of amides is 1. The van der Waals surface area contributed by atoms with E-state index in [4.69, 9.17) is 0 Å². The van der Waals surface area contributed by atoms with Crippen molar-refractivity contribution in [2.45, 2.75) is 13.5 Å². The van der Waals surface area contributed by atoms with E-state index < -0.39 is 4.92 Å². The number of non-ortho nitro benzene ring substituents is 1. The van der Waals surface area contributed by atoms with Crippen molar-refractivity contribution in [1.82, 2.24) is 0 Å². The molecule has 7 heteroatoms. The van der Waals surface area contributed by atoms with Gasteiger partial charge in [-0.2, -0.15) is 0 Å². The minimum absolute atomic E-state index is 0.0728. The lowest BCUT2D eigenvalue weighted by Gasteiger charge is -2.14. The standard InChI is InChI=1S/C17H18FN3O3/c1-12-6-7-15(21(23)24)9-16(12)19-17(22)11-20(2)10-13-4-3-5-14(18)8-13/h3-9H,10-11H2,1-2H3,(H,19,22)/p+1. The van der Waals surface area contributed by atoms with Gasteiger partial charge in [0, 0.05) is 17.7 Å². The van der Waals surface area contributed by atoms with E-state index in [0.717, 1.165) is 16.0 Å². The molecule has 2 aromatic carbocycles. The molecule has 0 heterocycles. The minimum atomic E-state index is -0.504. The number of carbonyl (C=O) groups excluding carboxylic acids is 1. The second-order valence-electron chi connectivity index (χ2n) is 5.75. The molecule has 0 fully saturated rings. The van der Waals surface area contributed by atoms with E-state index in [1.165, 1.54) is 24.3 Å². The zero-order valence-corrected chi connectivity index (χ0v) is 13.5. The summed E-state index contributed by atoms with van der Waals surface area (Å²) in [5.74, 6) is -0.565. The van der Waals surface area contributed by atoms with Gasteiger partial charge >= 0.3 is 0 Å². The maximum Gasteiger partial charge on any atom is 0.279 e. The predicted octanol–water partition coefficient (Wildman–Crippen LogP) is 1.70. The van der Waals surface area contributed by atoms with Crippen molar-refractivity contribution in [2.24, 2.45) is 0 Å². The fourth-order valence-electron chi connectivity index (χ4n) is 2.38. The van der Waals surface area contributed by atoms with Crippen LogP contribution < -0.4 is 10.2 Å². The second-order valence-corrected chi connectivity index (χ2v) is 5.75. The summed E-state index contributed by atoms with van der Waals surface area (Å²) in [6.07, 6.45) is 0. The van der Waals surface area contributed by atoms with Crippen LogP contribution in [0.15, 0.2) is 42.5 Å². The first-order valence-electron chi connectivity index (χ1n) is 7.46. The quantitative estimate of drug-likeness (QED) is 0.624. The largest absolute Gasteiger partial charge is 0.326 e. The van der Waals surface area contributed by atoms with Gasteiger partial charge in [0.15, 0.2) is 6.54 Å². The van der Waals surface area contributed by atoms with E-state index in [0.29, 0.717) is 12.2 Å². The Morgan fingerprint density at radius 3 is 2.71 bits per heavy atom. The Morgan fingerprint density at radius 2 is 2.04 bits per heavy atom. The van der Waals surface area contributed by atoms with Gasteiger partial charge in [0.2, 0.25) is 0 Å². The van der Waals surface area contributed by atoms with Gasteiger partial charge in [-0.15, -0.1) is 0 Å². The molecule has 0 saturated carbocycles. The Kier molecular flexibility index (Phi) is 5.59. The minimum Gasteiger partial charge on any atom is -0.326 e. The van der Waals surface area contributed by atoms with Crippen LogP contribution in [0.5, 0.6) is 0 Å². The number of hydrogen-bond donors (Lipinski definition) is 2. The van der Waals surface area contributed by atoms with E-state index in [1.807, 2.05) is 7.05 Å². The first-order chi connectivity index (χ1) is 11.3. The van der Waals surface area contributed by atoms with Crippen LogP contribution >= 0.6 is 0 Å². The van der Waals surface area contributed by atoms with Crippen molar-refractivity contribution >= 4 is 17.3 Å². The molecule has 2 N–H and O–H groups in total. The highest BCUT2D eigenvalue weighted by molar-refractivity contribution is 5.92. The van der Waals surface area contributed by atoms with Crippen LogP contribution in [0.2, 0.25) is 0 Å². The number of rotatable bonds is 6. The summed E-state index contributed by atoms with van der Waals surface area (Å²) < 4.78 is 13.2. The summed E-state index contributed by atoms with van der Waals surface area (Å²) in [5, 5.41) is 13.5. The van der Waals surface area contributed by atoms with Gasteiger partial charge < -0.3 is 10.2 Å². The third-order valence-electron chi connectivity index (χ3n) is 3.56. The summed E-state index contributed by atoms with van der Waals surface area (Å²) in [4.78, 5) is 23.3. The number of aryl methyl sites for hydroxylation is 1. The first kappa shape index (κ1) is 17.6. The van der Waals surface area contributed by atoms with Gasteiger partial charge in [-0.3, -0.25) is 14.9 Å². The van der Waals surface area contributed by atoms with Crippen LogP contribution in [-0.2, 0) is 11.3 Å². The van der Waals surface area contributed by atoms with E-state index in [1.54, 1.807) is 25.1 Å². The van der Waals surface area contributed by atoms with Gasteiger partial charge in [-0.1, -0.05) is 18.2 Å². The average Bonchev–Trinajstić information content (AvgIpc) is 2.49. The molecule has 0 spiro atoms. The van der Waals surface area contributed by atoms with Crippen LogP contribution in [0.1, 0.15) is 11.1 Å². The number of quaternary nitrogens is 1. The van der Waals surface area contributed by atoms with Crippen LogP contribution in [-0.4, -0.2) is 24.4 Å². The number of carbonyl (C=O) groups is 1. The van der Waals surface area contributed by atoms with Gasteiger partial charge in [0.05, 0.1) is 17.7 Å². The third-order valence-corrected chi connectivity index (χ3v) is 3.56. The topological polar surface area (TPSA) is 76.7 Å².